The van der Waals surface area contributed by atoms with Gasteiger partial charge >= 0.3 is 0 Å². The molecule has 0 aliphatic carbocycles. The molecule has 0 fully saturated rings. The van der Waals surface area contributed by atoms with Crippen LogP contribution in [0.25, 0.3) is 0 Å². The van der Waals surface area contributed by atoms with Gasteiger partial charge in [-0.25, -0.2) is 0 Å². The molecule has 0 aliphatic rings. The van der Waals surface area contributed by atoms with Crippen molar-refractivity contribution in [2.24, 2.45) is 0 Å². The number of allylic oxidation sites excluding steroid dienone is 4. The maximum Gasteiger partial charge on any atom is 0.126 e. The standard InChI is InChI=1S/C16H22O3/c1-11(2)5-4-6-12(3)7-8-14-15(18)9-13(17)10-16(14)19/h5,7,9-10,17-19H,4,6,8H2,1-3H3. The second-order valence-electron chi connectivity index (χ2n) is 5.04. The maximum atomic E-state index is 9.68. The van der Waals surface area contributed by atoms with E-state index in [0.29, 0.717) is 12.0 Å². The molecule has 0 radical (unpaired) electrons. The summed E-state index contributed by atoms with van der Waals surface area (Å²) in [6, 6.07) is 2.48. The van der Waals surface area contributed by atoms with E-state index < -0.39 is 0 Å². The van der Waals surface area contributed by atoms with Crippen LogP contribution in [0.2, 0.25) is 0 Å². The fraction of sp³-hybridized carbons (Fsp3) is 0.375. The third-order valence-electron chi connectivity index (χ3n) is 2.93. The zero-order chi connectivity index (χ0) is 14.4. The van der Waals surface area contributed by atoms with Crippen molar-refractivity contribution in [1.82, 2.24) is 0 Å². The van der Waals surface area contributed by atoms with Crippen molar-refractivity contribution in [2.45, 2.75) is 40.0 Å². The first-order valence-corrected chi connectivity index (χ1v) is 6.43. The molecule has 0 saturated heterocycles. The minimum atomic E-state index is -0.136. The van der Waals surface area contributed by atoms with E-state index in [-0.39, 0.29) is 17.2 Å². The van der Waals surface area contributed by atoms with E-state index >= 15 is 0 Å². The van der Waals surface area contributed by atoms with Crippen molar-refractivity contribution < 1.29 is 15.3 Å². The highest BCUT2D eigenvalue weighted by molar-refractivity contribution is 5.49. The van der Waals surface area contributed by atoms with Crippen LogP contribution in [0.5, 0.6) is 17.2 Å². The van der Waals surface area contributed by atoms with E-state index in [0.717, 1.165) is 12.8 Å². The van der Waals surface area contributed by atoms with Crippen LogP contribution in [0.3, 0.4) is 0 Å². The average molecular weight is 262 g/mol. The van der Waals surface area contributed by atoms with Crippen LogP contribution >= 0.6 is 0 Å². The molecule has 1 rings (SSSR count). The van der Waals surface area contributed by atoms with Crippen molar-refractivity contribution in [2.75, 3.05) is 0 Å². The SMILES string of the molecule is CC(C)=CCCC(C)=CCc1c(O)cc(O)cc1O. The molecule has 3 heteroatoms. The van der Waals surface area contributed by atoms with Crippen molar-refractivity contribution in [3.05, 3.63) is 41.0 Å². The normalized spacial score (nSPS) is 11.4. The third kappa shape index (κ3) is 5.08. The highest BCUT2D eigenvalue weighted by atomic mass is 16.3. The van der Waals surface area contributed by atoms with E-state index in [2.05, 4.69) is 19.9 Å². The molecular formula is C16H22O3. The highest BCUT2D eigenvalue weighted by Gasteiger charge is 2.08. The number of phenolic OH excluding ortho intramolecular Hbond substituents is 3. The Balaban J connectivity index is 2.68. The Hall–Kier alpha value is -1.90. The molecule has 3 nitrogen and oxygen atoms in total. The number of rotatable bonds is 5. The fourth-order valence-corrected chi connectivity index (χ4v) is 1.80. The van der Waals surface area contributed by atoms with Gasteiger partial charge in [0, 0.05) is 17.7 Å². The smallest absolute Gasteiger partial charge is 0.126 e. The third-order valence-corrected chi connectivity index (χ3v) is 2.93. The van der Waals surface area contributed by atoms with Gasteiger partial charge < -0.3 is 15.3 Å². The second kappa shape index (κ2) is 6.88. The number of hydrogen-bond acceptors (Lipinski definition) is 3. The minimum absolute atomic E-state index is 0.0779. The zero-order valence-electron chi connectivity index (χ0n) is 11.8. The Morgan fingerprint density at radius 3 is 2.11 bits per heavy atom. The molecule has 1 aromatic rings. The van der Waals surface area contributed by atoms with Gasteiger partial charge in [-0.2, -0.15) is 0 Å². The summed E-state index contributed by atoms with van der Waals surface area (Å²) in [5.41, 5.74) is 2.96. The van der Waals surface area contributed by atoms with Crippen LogP contribution in [0.15, 0.2) is 35.4 Å². The molecule has 0 unspecified atom stereocenters. The Labute approximate surface area is 114 Å². The Morgan fingerprint density at radius 2 is 1.58 bits per heavy atom. The predicted molar refractivity (Wildman–Crippen MR) is 77.6 cm³/mol. The molecule has 0 amide bonds. The largest absolute Gasteiger partial charge is 0.508 e. The van der Waals surface area contributed by atoms with Crippen molar-refractivity contribution in [3.8, 4) is 17.2 Å². The van der Waals surface area contributed by atoms with Gasteiger partial charge in [-0.1, -0.05) is 23.3 Å². The molecule has 1 aromatic carbocycles. The van der Waals surface area contributed by atoms with Gasteiger partial charge in [-0.3, -0.25) is 0 Å². The molecule has 0 heterocycles. The predicted octanol–water partition coefficient (Wildman–Crippen LogP) is 4.04. The van der Waals surface area contributed by atoms with Crippen molar-refractivity contribution in [3.63, 3.8) is 0 Å². The Morgan fingerprint density at radius 1 is 1.00 bits per heavy atom. The van der Waals surface area contributed by atoms with Gasteiger partial charge in [0.2, 0.25) is 0 Å². The Bertz CT molecular complexity index is 472. The van der Waals surface area contributed by atoms with Crippen LogP contribution in [0.4, 0.5) is 0 Å². The first-order chi connectivity index (χ1) is 8.90. The highest BCUT2D eigenvalue weighted by Crippen LogP contribution is 2.32. The molecule has 0 spiro atoms. The molecule has 0 aliphatic heterocycles. The fourth-order valence-electron chi connectivity index (χ4n) is 1.80. The summed E-state index contributed by atoms with van der Waals surface area (Å²) in [5, 5.41) is 28.6. The van der Waals surface area contributed by atoms with Crippen molar-refractivity contribution in [1.29, 1.82) is 0 Å². The lowest BCUT2D eigenvalue weighted by molar-refractivity contribution is 0.421. The molecule has 0 saturated carbocycles. The summed E-state index contributed by atoms with van der Waals surface area (Å²) in [7, 11) is 0. The van der Waals surface area contributed by atoms with E-state index in [9.17, 15) is 15.3 Å². The van der Waals surface area contributed by atoms with Gasteiger partial charge in [0.1, 0.15) is 17.2 Å². The Kier molecular flexibility index (Phi) is 5.49. The summed E-state index contributed by atoms with van der Waals surface area (Å²) < 4.78 is 0. The first kappa shape index (κ1) is 15.2. The summed E-state index contributed by atoms with van der Waals surface area (Å²) >= 11 is 0. The summed E-state index contributed by atoms with van der Waals surface area (Å²) in [5.74, 6) is -0.292. The van der Waals surface area contributed by atoms with Crippen LogP contribution in [-0.4, -0.2) is 15.3 Å². The number of benzene rings is 1. The maximum absolute atomic E-state index is 9.68. The molecule has 104 valence electrons. The molecule has 19 heavy (non-hydrogen) atoms. The average Bonchev–Trinajstić information content (AvgIpc) is 2.26. The van der Waals surface area contributed by atoms with E-state index in [1.807, 2.05) is 13.0 Å². The van der Waals surface area contributed by atoms with E-state index in [1.54, 1.807) is 0 Å². The van der Waals surface area contributed by atoms with Crippen molar-refractivity contribution >= 4 is 0 Å². The molecule has 3 N–H and O–H groups in total. The summed E-state index contributed by atoms with van der Waals surface area (Å²) in [6.45, 7) is 6.18. The lowest BCUT2D eigenvalue weighted by Crippen LogP contribution is -1.86. The quantitative estimate of drug-likeness (QED) is 0.702. The second-order valence-corrected chi connectivity index (χ2v) is 5.04. The topological polar surface area (TPSA) is 60.7 Å². The van der Waals surface area contributed by atoms with Gasteiger partial charge in [0.25, 0.3) is 0 Å². The first-order valence-electron chi connectivity index (χ1n) is 6.43. The van der Waals surface area contributed by atoms with E-state index in [1.165, 1.54) is 23.3 Å². The van der Waals surface area contributed by atoms with Crippen LogP contribution in [0.1, 0.15) is 39.2 Å². The van der Waals surface area contributed by atoms with Gasteiger partial charge in [-0.15, -0.1) is 0 Å². The van der Waals surface area contributed by atoms with Crippen LogP contribution in [-0.2, 0) is 6.42 Å². The van der Waals surface area contributed by atoms with Gasteiger partial charge in [0.05, 0.1) is 0 Å². The molecular weight excluding hydrogens is 240 g/mol. The number of aromatic hydroxyl groups is 3. The van der Waals surface area contributed by atoms with Gasteiger partial charge in [-0.05, 0) is 40.0 Å². The number of hydrogen-bond donors (Lipinski definition) is 3. The monoisotopic (exact) mass is 262 g/mol. The van der Waals surface area contributed by atoms with Crippen LogP contribution < -0.4 is 0 Å². The molecule has 0 aromatic heterocycles. The lowest BCUT2D eigenvalue weighted by Gasteiger charge is -2.06. The minimum Gasteiger partial charge on any atom is -0.508 e. The summed E-state index contributed by atoms with van der Waals surface area (Å²) in [6.07, 6.45) is 6.60. The van der Waals surface area contributed by atoms with Gasteiger partial charge in [0.15, 0.2) is 0 Å². The molecule has 0 bridgehead atoms. The molecule has 0 atom stereocenters. The van der Waals surface area contributed by atoms with Crippen LogP contribution in [0, 0.1) is 0 Å². The summed E-state index contributed by atoms with van der Waals surface area (Å²) in [4.78, 5) is 0. The zero-order valence-corrected chi connectivity index (χ0v) is 11.8. The van der Waals surface area contributed by atoms with E-state index in [4.69, 9.17) is 0 Å². The number of phenols is 3. The lowest BCUT2D eigenvalue weighted by atomic mass is 10.0.